The van der Waals surface area contributed by atoms with E-state index in [1.54, 1.807) is 12.1 Å². The number of carbonyl (C=O) groups is 1. The van der Waals surface area contributed by atoms with Gasteiger partial charge in [-0.3, -0.25) is 14.2 Å². The minimum absolute atomic E-state index is 0.0626. The quantitative estimate of drug-likeness (QED) is 0.469. The SMILES string of the molecule is CN(C)S(=O)(=O)c1cccc(NC(=O)Cn2cnc3cc(-c4ccccc4)sc3c2=O)c1. The van der Waals surface area contributed by atoms with Crippen LogP contribution in [-0.4, -0.2) is 42.3 Å². The van der Waals surface area contributed by atoms with Gasteiger partial charge in [0.15, 0.2) is 0 Å². The molecule has 0 saturated heterocycles. The van der Waals surface area contributed by atoms with E-state index in [1.807, 2.05) is 36.4 Å². The largest absolute Gasteiger partial charge is 0.324 e. The number of anilines is 1. The maximum Gasteiger partial charge on any atom is 0.271 e. The zero-order valence-corrected chi connectivity index (χ0v) is 19.0. The van der Waals surface area contributed by atoms with E-state index in [-0.39, 0.29) is 17.0 Å². The highest BCUT2D eigenvalue weighted by atomic mass is 32.2. The molecule has 32 heavy (non-hydrogen) atoms. The molecule has 0 bridgehead atoms. The summed E-state index contributed by atoms with van der Waals surface area (Å²) in [5.74, 6) is -0.465. The van der Waals surface area contributed by atoms with Crippen molar-refractivity contribution in [3.8, 4) is 10.4 Å². The van der Waals surface area contributed by atoms with Gasteiger partial charge >= 0.3 is 0 Å². The molecule has 8 nitrogen and oxygen atoms in total. The highest BCUT2D eigenvalue weighted by molar-refractivity contribution is 7.89. The summed E-state index contributed by atoms with van der Waals surface area (Å²) in [7, 11) is -0.759. The molecule has 10 heteroatoms. The standard InChI is InChI=1S/C22H20N4O4S2/c1-25(2)32(29,30)17-10-6-9-16(11-17)24-20(27)13-26-14-23-18-12-19(31-21(18)22(26)28)15-7-4-3-5-8-15/h3-12,14H,13H2,1-2H3,(H,24,27). The predicted molar refractivity (Wildman–Crippen MR) is 125 cm³/mol. The third-order valence-electron chi connectivity index (χ3n) is 4.77. The number of fused-ring (bicyclic) bond motifs is 1. The molecule has 0 fully saturated rings. The van der Waals surface area contributed by atoms with Crippen LogP contribution < -0.4 is 10.9 Å². The van der Waals surface area contributed by atoms with Crippen molar-refractivity contribution in [3.63, 3.8) is 0 Å². The zero-order valence-electron chi connectivity index (χ0n) is 17.3. The summed E-state index contributed by atoms with van der Waals surface area (Å²) in [6.07, 6.45) is 1.35. The van der Waals surface area contributed by atoms with Crippen LogP contribution in [0.25, 0.3) is 20.7 Å². The first-order valence-electron chi connectivity index (χ1n) is 9.62. The molecule has 4 aromatic rings. The second kappa shape index (κ2) is 8.65. The second-order valence-electron chi connectivity index (χ2n) is 7.23. The van der Waals surface area contributed by atoms with Gasteiger partial charge < -0.3 is 5.32 Å². The van der Waals surface area contributed by atoms with E-state index in [0.29, 0.717) is 15.9 Å². The highest BCUT2D eigenvalue weighted by Crippen LogP contribution is 2.30. The lowest BCUT2D eigenvalue weighted by molar-refractivity contribution is -0.116. The molecule has 0 spiro atoms. The Hall–Kier alpha value is -3.34. The van der Waals surface area contributed by atoms with Crippen molar-refractivity contribution in [2.75, 3.05) is 19.4 Å². The fraction of sp³-hybridized carbons (Fsp3) is 0.136. The molecule has 2 aromatic carbocycles. The van der Waals surface area contributed by atoms with Crippen molar-refractivity contribution in [2.24, 2.45) is 0 Å². The first-order valence-corrected chi connectivity index (χ1v) is 11.9. The molecular weight excluding hydrogens is 448 g/mol. The molecular formula is C22H20N4O4S2. The number of thiophene rings is 1. The smallest absolute Gasteiger partial charge is 0.271 e. The Labute approximate surface area is 188 Å². The molecule has 0 aliphatic carbocycles. The van der Waals surface area contributed by atoms with E-state index in [4.69, 9.17) is 0 Å². The van der Waals surface area contributed by atoms with Gasteiger partial charge in [0, 0.05) is 24.7 Å². The van der Waals surface area contributed by atoms with E-state index in [0.717, 1.165) is 14.7 Å². The van der Waals surface area contributed by atoms with E-state index in [1.165, 1.54) is 48.5 Å². The molecule has 2 heterocycles. The van der Waals surface area contributed by atoms with Crippen LogP contribution in [0.1, 0.15) is 0 Å². The molecule has 2 aromatic heterocycles. The Balaban J connectivity index is 1.56. The van der Waals surface area contributed by atoms with E-state index in [2.05, 4.69) is 10.3 Å². The molecule has 1 amide bonds. The van der Waals surface area contributed by atoms with Gasteiger partial charge in [0.25, 0.3) is 5.56 Å². The van der Waals surface area contributed by atoms with Crippen LogP contribution in [-0.2, 0) is 21.4 Å². The van der Waals surface area contributed by atoms with Gasteiger partial charge in [-0.05, 0) is 29.8 Å². The summed E-state index contributed by atoms with van der Waals surface area (Å²) < 4.78 is 27.4. The summed E-state index contributed by atoms with van der Waals surface area (Å²) in [5.41, 5.74) is 1.59. The van der Waals surface area contributed by atoms with Gasteiger partial charge in [-0.1, -0.05) is 36.4 Å². The summed E-state index contributed by atoms with van der Waals surface area (Å²) in [6, 6.07) is 17.5. The lowest BCUT2D eigenvalue weighted by Gasteiger charge is -2.13. The van der Waals surface area contributed by atoms with Gasteiger partial charge in [-0.2, -0.15) is 0 Å². The molecule has 0 unspecified atom stereocenters. The molecule has 0 radical (unpaired) electrons. The number of sulfonamides is 1. The average Bonchev–Trinajstić information content (AvgIpc) is 3.22. The number of benzene rings is 2. The topological polar surface area (TPSA) is 101 Å². The number of amides is 1. The Kier molecular flexibility index (Phi) is 5.92. The van der Waals surface area contributed by atoms with Crippen LogP contribution in [0.3, 0.4) is 0 Å². The minimum atomic E-state index is -3.63. The van der Waals surface area contributed by atoms with Gasteiger partial charge in [-0.15, -0.1) is 11.3 Å². The van der Waals surface area contributed by atoms with Gasteiger partial charge in [0.1, 0.15) is 11.2 Å². The maximum absolute atomic E-state index is 12.9. The molecule has 0 aliphatic heterocycles. The number of nitrogens with zero attached hydrogens (tertiary/aromatic N) is 3. The molecule has 1 N–H and O–H groups in total. The van der Waals surface area contributed by atoms with E-state index < -0.39 is 15.9 Å². The third kappa shape index (κ3) is 4.33. The van der Waals surface area contributed by atoms with Crippen LogP contribution >= 0.6 is 11.3 Å². The van der Waals surface area contributed by atoms with Crippen molar-refractivity contribution in [1.29, 1.82) is 0 Å². The Morgan fingerprint density at radius 2 is 1.84 bits per heavy atom. The van der Waals surface area contributed by atoms with Crippen molar-refractivity contribution in [1.82, 2.24) is 13.9 Å². The van der Waals surface area contributed by atoms with Crippen molar-refractivity contribution in [3.05, 3.63) is 77.3 Å². The monoisotopic (exact) mass is 468 g/mol. The maximum atomic E-state index is 12.9. The number of aromatic nitrogens is 2. The minimum Gasteiger partial charge on any atom is -0.324 e. The summed E-state index contributed by atoms with van der Waals surface area (Å²) in [6.45, 7) is -0.245. The van der Waals surface area contributed by atoms with Gasteiger partial charge in [-0.25, -0.2) is 17.7 Å². The van der Waals surface area contributed by atoms with Crippen LogP contribution in [0, 0.1) is 0 Å². The number of carbonyl (C=O) groups excluding carboxylic acids is 1. The summed E-state index contributed by atoms with van der Waals surface area (Å²) >= 11 is 1.33. The van der Waals surface area contributed by atoms with E-state index in [9.17, 15) is 18.0 Å². The molecule has 0 aliphatic rings. The Morgan fingerprint density at radius 3 is 2.56 bits per heavy atom. The Morgan fingerprint density at radius 1 is 1.09 bits per heavy atom. The fourth-order valence-corrected chi connectivity index (χ4v) is 5.12. The first-order chi connectivity index (χ1) is 15.3. The highest BCUT2D eigenvalue weighted by Gasteiger charge is 2.18. The van der Waals surface area contributed by atoms with Crippen LogP contribution in [0.2, 0.25) is 0 Å². The number of hydrogen-bond donors (Lipinski definition) is 1. The van der Waals surface area contributed by atoms with Crippen molar-refractivity contribution < 1.29 is 13.2 Å². The second-order valence-corrected chi connectivity index (χ2v) is 10.4. The summed E-state index contributed by atoms with van der Waals surface area (Å²) in [5, 5.41) is 2.64. The first kappa shape index (κ1) is 21.9. The van der Waals surface area contributed by atoms with Crippen molar-refractivity contribution >= 4 is 43.2 Å². The lowest BCUT2D eigenvalue weighted by atomic mass is 10.2. The van der Waals surface area contributed by atoms with Crippen LogP contribution in [0.5, 0.6) is 0 Å². The van der Waals surface area contributed by atoms with Crippen molar-refractivity contribution in [2.45, 2.75) is 11.4 Å². The van der Waals surface area contributed by atoms with Crippen LogP contribution in [0.15, 0.2) is 76.7 Å². The average molecular weight is 469 g/mol. The normalized spacial score (nSPS) is 11.7. The zero-order chi connectivity index (χ0) is 22.9. The molecule has 0 saturated carbocycles. The molecule has 164 valence electrons. The number of hydrogen-bond acceptors (Lipinski definition) is 6. The Bertz CT molecular complexity index is 1460. The summed E-state index contributed by atoms with van der Waals surface area (Å²) in [4.78, 5) is 30.7. The third-order valence-corrected chi connectivity index (χ3v) is 7.74. The fourth-order valence-electron chi connectivity index (χ4n) is 3.10. The van der Waals surface area contributed by atoms with E-state index >= 15 is 0 Å². The van der Waals surface area contributed by atoms with Crippen LogP contribution in [0.4, 0.5) is 5.69 Å². The number of nitrogens with one attached hydrogen (secondary N) is 1. The predicted octanol–water partition coefficient (Wildman–Crippen LogP) is 3.01. The van der Waals surface area contributed by atoms with Gasteiger partial charge in [0.05, 0.1) is 16.7 Å². The number of rotatable bonds is 6. The molecule has 4 rings (SSSR count). The molecule has 0 atom stereocenters. The van der Waals surface area contributed by atoms with Gasteiger partial charge in [0.2, 0.25) is 15.9 Å². The lowest BCUT2D eigenvalue weighted by Crippen LogP contribution is -2.27.